The van der Waals surface area contributed by atoms with Crippen molar-refractivity contribution in [3.63, 3.8) is 0 Å². The van der Waals surface area contributed by atoms with E-state index in [0.29, 0.717) is 6.42 Å². The zero-order valence-corrected chi connectivity index (χ0v) is 12.9. The van der Waals surface area contributed by atoms with Gasteiger partial charge in [-0.25, -0.2) is 0 Å². The predicted molar refractivity (Wildman–Crippen MR) is 89.5 cm³/mol. The normalized spacial score (nSPS) is 14.7. The summed E-state index contributed by atoms with van der Waals surface area (Å²) in [5.41, 5.74) is 2.56. The summed E-state index contributed by atoms with van der Waals surface area (Å²) in [5.74, 6) is 0.516. The summed E-state index contributed by atoms with van der Waals surface area (Å²) in [4.78, 5) is 11.5. The maximum atomic E-state index is 11.5. The fraction of sp³-hybridized carbons (Fsp3) is 0.150. The number of carbonyl (C=O) groups is 1. The first kappa shape index (κ1) is 15.1. The number of benzene rings is 2. The lowest BCUT2D eigenvalue weighted by molar-refractivity contribution is -0.113. The molecule has 0 atom stereocenters. The van der Waals surface area contributed by atoms with Gasteiger partial charge in [-0.3, -0.25) is 4.79 Å². The van der Waals surface area contributed by atoms with Crippen LogP contribution in [0.3, 0.4) is 0 Å². The van der Waals surface area contributed by atoms with E-state index in [4.69, 9.17) is 0 Å². The summed E-state index contributed by atoms with van der Waals surface area (Å²) in [6, 6.07) is 14.2. The minimum absolute atomic E-state index is 0.0903. The lowest BCUT2D eigenvalue weighted by atomic mass is 9.69. The molecule has 0 aromatic heterocycles. The number of carbonyl (C=O) groups excluding carboxylic acids is 1. The van der Waals surface area contributed by atoms with Gasteiger partial charge in [0.1, 0.15) is 11.5 Å². The lowest BCUT2D eigenvalue weighted by Crippen LogP contribution is -2.26. The summed E-state index contributed by atoms with van der Waals surface area (Å²) in [6.07, 6.45) is 5.79. The zero-order chi connectivity index (χ0) is 16.4. The Bertz CT molecular complexity index is 735. The largest absolute Gasteiger partial charge is 0.508 e. The van der Waals surface area contributed by atoms with Crippen molar-refractivity contribution in [2.45, 2.75) is 18.8 Å². The maximum absolute atomic E-state index is 11.5. The molecule has 3 heteroatoms. The fourth-order valence-electron chi connectivity index (χ4n) is 2.99. The number of phenols is 2. The van der Waals surface area contributed by atoms with Crippen molar-refractivity contribution in [2.75, 3.05) is 0 Å². The van der Waals surface area contributed by atoms with E-state index < -0.39 is 5.41 Å². The predicted octanol–water partition coefficient (Wildman–Crippen LogP) is 3.86. The molecule has 0 bridgehead atoms. The maximum Gasteiger partial charge on any atom is 0.159 e. The van der Waals surface area contributed by atoms with Crippen LogP contribution in [0.4, 0.5) is 0 Å². The van der Waals surface area contributed by atoms with E-state index in [2.05, 4.69) is 6.92 Å². The molecule has 0 amide bonds. The SMILES string of the molecule is CC(C1=CCC(=O)C=C1)(c1ccc(O)cc1)c1ccc(O)cc1. The smallest absolute Gasteiger partial charge is 0.159 e. The van der Waals surface area contributed by atoms with Gasteiger partial charge in [-0.2, -0.15) is 0 Å². The number of rotatable bonds is 3. The number of ketones is 1. The first-order chi connectivity index (χ1) is 11.0. The zero-order valence-electron chi connectivity index (χ0n) is 12.9. The van der Waals surface area contributed by atoms with E-state index in [9.17, 15) is 15.0 Å². The second kappa shape index (κ2) is 5.76. The number of phenolic OH excluding ortho intramolecular Hbond substituents is 2. The van der Waals surface area contributed by atoms with Crippen molar-refractivity contribution in [3.05, 3.63) is 83.5 Å². The van der Waals surface area contributed by atoms with E-state index in [1.54, 1.807) is 30.3 Å². The second-order valence-corrected chi connectivity index (χ2v) is 5.88. The third-order valence-corrected chi connectivity index (χ3v) is 4.44. The first-order valence-electron chi connectivity index (χ1n) is 7.51. The van der Waals surface area contributed by atoms with E-state index in [1.165, 1.54) is 0 Å². The van der Waals surface area contributed by atoms with Gasteiger partial charge in [-0.15, -0.1) is 0 Å². The molecule has 2 aromatic carbocycles. The van der Waals surface area contributed by atoms with Crippen LogP contribution in [0.15, 0.2) is 72.3 Å². The van der Waals surface area contributed by atoms with Gasteiger partial charge >= 0.3 is 0 Å². The molecule has 1 aliphatic carbocycles. The van der Waals surface area contributed by atoms with Crippen LogP contribution in [0.1, 0.15) is 24.5 Å². The van der Waals surface area contributed by atoms with Crippen LogP contribution in [0.2, 0.25) is 0 Å². The van der Waals surface area contributed by atoms with Crippen LogP contribution in [0.25, 0.3) is 0 Å². The van der Waals surface area contributed by atoms with Crippen LogP contribution in [0, 0.1) is 0 Å². The highest BCUT2D eigenvalue weighted by atomic mass is 16.3. The highest BCUT2D eigenvalue weighted by Gasteiger charge is 2.33. The van der Waals surface area contributed by atoms with Gasteiger partial charge in [-0.1, -0.05) is 36.4 Å². The third-order valence-electron chi connectivity index (χ3n) is 4.44. The Kier molecular flexibility index (Phi) is 3.78. The van der Waals surface area contributed by atoms with E-state index >= 15 is 0 Å². The molecule has 0 fully saturated rings. The Balaban J connectivity index is 2.16. The van der Waals surface area contributed by atoms with Crippen LogP contribution < -0.4 is 0 Å². The average Bonchev–Trinajstić information content (AvgIpc) is 2.56. The molecule has 0 heterocycles. The molecular weight excluding hydrogens is 288 g/mol. The Labute approximate surface area is 135 Å². The van der Waals surface area contributed by atoms with Crippen molar-refractivity contribution in [2.24, 2.45) is 0 Å². The Morgan fingerprint density at radius 1 is 0.826 bits per heavy atom. The summed E-state index contributed by atoms with van der Waals surface area (Å²) >= 11 is 0. The van der Waals surface area contributed by atoms with Crippen molar-refractivity contribution in [1.82, 2.24) is 0 Å². The number of aromatic hydroxyl groups is 2. The lowest BCUT2D eigenvalue weighted by Gasteiger charge is -2.33. The van der Waals surface area contributed by atoms with Gasteiger partial charge in [-0.05, 0) is 54.0 Å². The van der Waals surface area contributed by atoms with Gasteiger partial charge in [0.25, 0.3) is 0 Å². The van der Waals surface area contributed by atoms with Crippen LogP contribution in [-0.4, -0.2) is 16.0 Å². The minimum atomic E-state index is -0.474. The molecule has 0 unspecified atom stereocenters. The topological polar surface area (TPSA) is 57.5 Å². The molecule has 0 saturated heterocycles. The van der Waals surface area contributed by atoms with Crippen molar-refractivity contribution in [1.29, 1.82) is 0 Å². The molecular formula is C20H18O3. The molecule has 23 heavy (non-hydrogen) atoms. The Hall–Kier alpha value is -2.81. The molecule has 0 spiro atoms. The third kappa shape index (κ3) is 2.78. The summed E-state index contributed by atoms with van der Waals surface area (Å²) in [7, 11) is 0. The summed E-state index contributed by atoms with van der Waals surface area (Å²) in [6.45, 7) is 2.08. The first-order valence-corrected chi connectivity index (χ1v) is 7.51. The van der Waals surface area contributed by atoms with E-state index in [1.807, 2.05) is 36.4 Å². The van der Waals surface area contributed by atoms with Crippen LogP contribution >= 0.6 is 0 Å². The molecule has 3 rings (SSSR count). The molecule has 2 aromatic rings. The Morgan fingerprint density at radius 3 is 1.70 bits per heavy atom. The highest BCUT2D eigenvalue weighted by Crippen LogP contribution is 2.41. The van der Waals surface area contributed by atoms with Gasteiger partial charge in [0.05, 0.1) is 0 Å². The molecule has 0 radical (unpaired) electrons. The fourth-order valence-corrected chi connectivity index (χ4v) is 2.99. The standard InChI is InChI=1S/C20H18O3/c1-20(14-2-8-17(21)9-3-14,15-4-10-18(22)11-5-15)16-6-12-19(23)13-7-16/h2-12,21-22H,13H2,1H3. The molecule has 1 aliphatic rings. The molecule has 0 saturated carbocycles. The quantitative estimate of drug-likeness (QED) is 0.905. The molecule has 3 nitrogen and oxygen atoms in total. The molecule has 2 N–H and O–H groups in total. The van der Waals surface area contributed by atoms with Crippen LogP contribution in [0.5, 0.6) is 11.5 Å². The van der Waals surface area contributed by atoms with E-state index in [0.717, 1.165) is 16.7 Å². The second-order valence-electron chi connectivity index (χ2n) is 5.88. The molecule has 0 aliphatic heterocycles. The monoisotopic (exact) mass is 306 g/mol. The van der Waals surface area contributed by atoms with Crippen molar-refractivity contribution in [3.8, 4) is 11.5 Å². The molecule has 116 valence electrons. The average molecular weight is 306 g/mol. The van der Waals surface area contributed by atoms with Crippen molar-refractivity contribution >= 4 is 5.78 Å². The van der Waals surface area contributed by atoms with Gasteiger partial charge in [0.2, 0.25) is 0 Å². The number of allylic oxidation sites excluding steroid dienone is 4. The highest BCUT2D eigenvalue weighted by molar-refractivity contribution is 5.93. The Morgan fingerprint density at radius 2 is 1.30 bits per heavy atom. The summed E-state index contributed by atoms with van der Waals surface area (Å²) < 4.78 is 0. The van der Waals surface area contributed by atoms with Crippen molar-refractivity contribution < 1.29 is 15.0 Å². The van der Waals surface area contributed by atoms with E-state index in [-0.39, 0.29) is 17.3 Å². The van der Waals surface area contributed by atoms with Gasteiger partial charge in [0.15, 0.2) is 5.78 Å². The van der Waals surface area contributed by atoms with Crippen LogP contribution in [-0.2, 0) is 10.2 Å². The minimum Gasteiger partial charge on any atom is -0.508 e. The van der Waals surface area contributed by atoms with Gasteiger partial charge < -0.3 is 10.2 Å². The number of hydrogen-bond donors (Lipinski definition) is 2. The number of hydrogen-bond acceptors (Lipinski definition) is 3. The summed E-state index contributed by atoms with van der Waals surface area (Å²) in [5, 5.41) is 19.1. The van der Waals surface area contributed by atoms with Gasteiger partial charge in [0, 0.05) is 11.8 Å².